The molecule has 1 aliphatic rings. The number of halogens is 1. The Hall–Kier alpha value is -2.66. The normalized spacial score (nSPS) is 13.6. The van der Waals surface area contributed by atoms with Crippen molar-refractivity contribution in [1.29, 1.82) is 0 Å². The molecule has 0 saturated carbocycles. The molecule has 3 rings (SSSR count). The van der Waals surface area contributed by atoms with E-state index in [1.54, 1.807) is 24.3 Å². The fourth-order valence-electron chi connectivity index (χ4n) is 3.43. The van der Waals surface area contributed by atoms with Gasteiger partial charge < -0.3 is 19.7 Å². The Bertz CT molecular complexity index is 1100. The molecule has 1 aliphatic heterocycles. The zero-order valence-electron chi connectivity index (χ0n) is 18.9. The van der Waals surface area contributed by atoms with Crippen LogP contribution in [-0.4, -0.2) is 65.1 Å². The number of benzene rings is 2. The third kappa shape index (κ3) is 7.42. The number of rotatable bonds is 11. The van der Waals surface area contributed by atoms with E-state index in [-0.39, 0.29) is 41.3 Å². The predicted octanol–water partition coefficient (Wildman–Crippen LogP) is 2.45. The summed E-state index contributed by atoms with van der Waals surface area (Å²) in [4.78, 5) is 26.3. The largest absolute Gasteiger partial charge is 0.482 e. The number of ether oxygens (including phenoxy) is 2. The van der Waals surface area contributed by atoms with Gasteiger partial charge in [0.2, 0.25) is 15.9 Å². The molecule has 0 spiro atoms. The molecule has 2 aromatic carbocycles. The Labute approximate surface area is 204 Å². The van der Waals surface area contributed by atoms with Crippen LogP contribution in [0.2, 0.25) is 5.02 Å². The van der Waals surface area contributed by atoms with Crippen molar-refractivity contribution in [2.45, 2.75) is 24.2 Å². The van der Waals surface area contributed by atoms with Crippen molar-refractivity contribution in [2.24, 2.45) is 0 Å². The van der Waals surface area contributed by atoms with Gasteiger partial charge in [-0.1, -0.05) is 23.7 Å². The lowest BCUT2D eigenvalue weighted by molar-refractivity contribution is -0.129. The van der Waals surface area contributed by atoms with Crippen LogP contribution in [0.5, 0.6) is 5.75 Å². The van der Waals surface area contributed by atoms with Gasteiger partial charge in [-0.05, 0) is 48.7 Å². The monoisotopic (exact) mass is 509 g/mol. The van der Waals surface area contributed by atoms with Crippen molar-refractivity contribution >= 4 is 39.1 Å². The molecular formula is C23H28ClN3O6S. The number of carbonyl (C=O) groups excluding carboxylic acids is 2. The van der Waals surface area contributed by atoms with Crippen molar-refractivity contribution in [2.75, 3.05) is 45.3 Å². The number of nitrogens with zero attached hydrogens (tertiary/aromatic N) is 1. The molecule has 34 heavy (non-hydrogen) atoms. The van der Waals surface area contributed by atoms with E-state index in [2.05, 4.69) is 10.0 Å². The third-order valence-electron chi connectivity index (χ3n) is 5.22. The quantitative estimate of drug-likeness (QED) is 0.450. The average molecular weight is 510 g/mol. The number of hydrogen-bond donors (Lipinski definition) is 2. The first kappa shape index (κ1) is 26.0. The first-order valence-corrected chi connectivity index (χ1v) is 12.7. The second-order valence-electron chi connectivity index (χ2n) is 7.78. The minimum absolute atomic E-state index is 0.0197. The first-order chi connectivity index (χ1) is 16.3. The van der Waals surface area contributed by atoms with Crippen LogP contribution in [0.25, 0.3) is 0 Å². The van der Waals surface area contributed by atoms with E-state index in [1.165, 1.54) is 25.3 Å². The number of nitrogens with one attached hydrogen (secondary N) is 2. The van der Waals surface area contributed by atoms with Crippen LogP contribution >= 0.6 is 11.6 Å². The molecule has 1 saturated heterocycles. The maximum absolute atomic E-state index is 12.2. The predicted molar refractivity (Wildman–Crippen MR) is 129 cm³/mol. The van der Waals surface area contributed by atoms with Gasteiger partial charge in [-0.15, -0.1) is 0 Å². The number of hydrogen-bond acceptors (Lipinski definition) is 6. The molecule has 9 nitrogen and oxygen atoms in total. The van der Waals surface area contributed by atoms with Crippen LogP contribution in [-0.2, 0) is 30.8 Å². The van der Waals surface area contributed by atoms with Crippen molar-refractivity contribution < 1.29 is 27.5 Å². The Kier molecular flexibility index (Phi) is 9.28. The highest BCUT2D eigenvalue weighted by atomic mass is 35.5. The molecule has 1 heterocycles. The van der Waals surface area contributed by atoms with Crippen LogP contribution in [0.3, 0.4) is 0 Å². The van der Waals surface area contributed by atoms with E-state index >= 15 is 0 Å². The molecule has 0 bridgehead atoms. The molecule has 11 heteroatoms. The van der Waals surface area contributed by atoms with Crippen molar-refractivity contribution in [3.05, 3.63) is 53.1 Å². The molecule has 0 unspecified atom stereocenters. The van der Waals surface area contributed by atoms with Gasteiger partial charge in [-0.3, -0.25) is 9.59 Å². The number of carbonyl (C=O) groups is 2. The Morgan fingerprint density at radius 1 is 1.09 bits per heavy atom. The van der Waals surface area contributed by atoms with Crippen LogP contribution < -0.4 is 14.8 Å². The molecule has 1 fully saturated rings. The summed E-state index contributed by atoms with van der Waals surface area (Å²) in [5.74, 6) is -0.109. The van der Waals surface area contributed by atoms with Gasteiger partial charge in [-0.25, -0.2) is 13.1 Å². The second kappa shape index (κ2) is 12.2. The SMILES string of the molecule is COCCNS(=O)(=O)c1ccc(OCC(=O)Nc2ccc(CC(=O)N3CCCC3)cc2)c(Cl)c1. The zero-order valence-corrected chi connectivity index (χ0v) is 20.5. The lowest BCUT2D eigenvalue weighted by Crippen LogP contribution is -2.29. The fraction of sp³-hybridized carbons (Fsp3) is 0.391. The van der Waals surface area contributed by atoms with Gasteiger partial charge in [0.1, 0.15) is 5.75 Å². The minimum atomic E-state index is -3.73. The summed E-state index contributed by atoms with van der Waals surface area (Å²) in [6.07, 6.45) is 2.45. The van der Waals surface area contributed by atoms with Gasteiger partial charge in [-0.2, -0.15) is 0 Å². The third-order valence-corrected chi connectivity index (χ3v) is 6.98. The van der Waals surface area contributed by atoms with E-state index in [1.807, 2.05) is 4.90 Å². The van der Waals surface area contributed by atoms with E-state index in [9.17, 15) is 18.0 Å². The molecule has 2 aromatic rings. The van der Waals surface area contributed by atoms with Crippen LogP contribution in [0, 0.1) is 0 Å². The van der Waals surface area contributed by atoms with Gasteiger partial charge >= 0.3 is 0 Å². The van der Waals surface area contributed by atoms with E-state index in [0.29, 0.717) is 12.1 Å². The standard InChI is InChI=1S/C23H28ClN3O6S/c1-32-13-10-25-34(30,31)19-8-9-21(20(24)15-19)33-16-22(28)26-18-6-4-17(5-7-18)14-23(29)27-11-2-3-12-27/h4-9,15,25H,2-3,10-14,16H2,1H3,(H,26,28). The van der Waals surface area contributed by atoms with Crippen molar-refractivity contribution in [1.82, 2.24) is 9.62 Å². The molecular weight excluding hydrogens is 482 g/mol. The van der Waals surface area contributed by atoms with Crippen molar-refractivity contribution in [3.63, 3.8) is 0 Å². The first-order valence-electron chi connectivity index (χ1n) is 10.9. The molecule has 2 amide bonds. The maximum Gasteiger partial charge on any atom is 0.262 e. The summed E-state index contributed by atoms with van der Waals surface area (Å²) in [6.45, 7) is 1.70. The zero-order chi connectivity index (χ0) is 24.6. The molecule has 0 aromatic heterocycles. The lowest BCUT2D eigenvalue weighted by Gasteiger charge is -2.15. The van der Waals surface area contributed by atoms with Crippen molar-refractivity contribution in [3.8, 4) is 5.75 Å². The van der Waals surface area contributed by atoms with Gasteiger partial charge in [0.15, 0.2) is 6.61 Å². The average Bonchev–Trinajstić information content (AvgIpc) is 3.35. The number of anilines is 1. The summed E-state index contributed by atoms with van der Waals surface area (Å²) < 4.78 is 37.1. The maximum atomic E-state index is 12.2. The summed E-state index contributed by atoms with van der Waals surface area (Å²) in [6, 6.07) is 11.1. The highest BCUT2D eigenvalue weighted by molar-refractivity contribution is 7.89. The lowest BCUT2D eigenvalue weighted by atomic mass is 10.1. The molecule has 184 valence electrons. The Morgan fingerprint density at radius 2 is 1.79 bits per heavy atom. The number of sulfonamides is 1. The summed E-state index contributed by atoms with van der Waals surface area (Å²) in [7, 11) is -2.26. The summed E-state index contributed by atoms with van der Waals surface area (Å²) in [5, 5.41) is 2.78. The number of amides is 2. The molecule has 0 aliphatic carbocycles. The smallest absolute Gasteiger partial charge is 0.262 e. The summed E-state index contributed by atoms with van der Waals surface area (Å²) in [5.41, 5.74) is 1.45. The second-order valence-corrected chi connectivity index (χ2v) is 9.96. The number of likely N-dealkylation sites (tertiary alicyclic amines) is 1. The van der Waals surface area contributed by atoms with Crippen LogP contribution in [0.15, 0.2) is 47.4 Å². The van der Waals surface area contributed by atoms with E-state index in [4.69, 9.17) is 21.1 Å². The molecule has 2 N–H and O–H groups in total. The van der Waals surface area contributed by atoms with Crippen LogP contribution in [0.1, 0.15) is 18.4 Å². The molecule has 0 radical (unpaired) electrons. The van der Waals surface area contributed by atoms with Gasteiger partial charge in [0.05, 0.1) is 22.9 Å². The van der Waals surface area contributed by atoms with E-state index in [0.717, 1.165) is 31.5 Å². The van der Waals surface area contributed by atoms with Crippen LogP contribution in [0.4, 0.5) is 5.69 Å². The molecule has 0 atom stereocenters. The Balaban J connectivity index is 1.49. The Morgan fingerprint density at radius 3 is 2.44 bits per heavy atom. The van der Waals surface area contributed by atoms with Gasteiger partial charge in [0, 0.05) is 32.4 Å². The topological polar surface area (TPSA) is 114 Å². The highest BCUT2D eigenvalue weighted by Gasteiger charge is 2.18. The van der Waals surface area contributed by atoms with E-state index < -0.39 is 15.9 Å². The highest BCUT2D eigenvalue weighted by Crippen LogP contribution is 2.27. The fourth-order valence-corrected chi connectivity index (χ4v) is 4.77. The van der Waals surface area contributed by atoms with Gasteiger partial charge in [0.25, 0.3) is 5.91 Å². The number of methoxy groups -OCH3 is 1. The minimum Gasteiger partial charge on any atom is -0.482 e. The summed E-state index contributed by atoms with van der Waals surface area (Å²) >= 11 is 6.14.